The van der Waals surface area contributed by atoms with E-state index in [0.29, 0.717) is 25.5 Å². The standard InChI is InChI=1S/C18H18N4O3/c1-20-15(13(9-19)16(23)21(2)17(20)24)22-8-7-18(11-22)14-6-4-3-5-12(14)10-25-18/h3-6H,7-8,10-11H2,1-2H3. The maximum absolute atomic E-state index is 12.3. The number of hydrogen-bond acceptors (Lipinski definition) is 5. The molecular formula is C18H18N4O3. The Balaban J connectivity index is 1.82. The minimum absolute atomic E-state index is 0.00654. The van der Waals surface area contributed by atoms with E-state index < -0.39 is 16.9 Å². The van der Waals surface area contributed by atoms with Crippen LogP contribution in [-0.2, 0) is 31.0 Å². The van der Waals surface area contributed by atoms with E-state index in [9.17, 15) is 14.9 Å². The summed E-state index contributed by atoms with van der Waals surface area (Å²) in [6, 6.07) is 10.1. The van der Waals surface area contributed by atoms with Crippen LogP contribution in [0.5, 0.6) is 0 Å². The molecule has 2 aliphatic rings. The van der Waals surface area contributed by atoms with Crippen LogP contribution in [0.4, 0.5) is 5.82 Å². The highest BCUT2D eigenvalue weighted by Gasteiger charge is 2.46. The number of ether oxygens (including phenoxy) is 1. The SMILES string of the molecule is Cn1c(N2CCC3(C2)OCc2ccccc23)c(C#N)c(=O)n(C)c1=O. The van der Waals surface area contributed by atoms with Gasteiger partial charge in [0.15, 0.2) is 5.56 Å². The summed E-state index contributed by atoms with van der Waals surface area (Å²) in [7, 11) is 2.98. The average Bonchev–Trinajstić information content (AvgIpc) is 3.22. The second-order valence-corrected chi connectivity index (χ2v) is 6.63. The lowest BCUT2D eigenvalue weighted by molar-refractivity contribution is -0.0205. The molecule has 1 fully saturated rings. The van der Waals surface area contributed by atoms with Crippen molar-refractivity contribution in [2.75, 3.05) is 18.0 Å². The monoisotopic (exact) mass is 338 g/mol. The molecule has 1 saturated heterocycles. The number of anilines is 1. The second kappa shape index (κ2) is 5.33. The van der Waals surface area contributed by atoms with E-state index in [-0.39, 0.29) is 5.56 Å². The molecule has 25 heavy (non-hydrogen) atoms. The van der Waals surface area contributed by atoms with Crippen molar-refractivity contribution < 1.29 is 4.74 Å². The Morgan fingerprint density at radius 1 is 1.20 bits per heavy atom. The molecule has 0 radical (unpaired) electrons. The summed E-state index contributed by atoms with van der Waals surface area (Å²) in [5.74, 6) is 0.375. The van der Waals surface area contributed by atoms with Crippen molar-refractivity contribution >= 4 is 5.82 Å². The quantitative estimate of drug-likeness (QED) is 0.760. The molecule has 3 heterocycles. The topological polar surface area (TPSA) is 80.3 Å². The molecule has 0 bridgehead atoms. The van der Waals surface area contributed by atoms with Gasteiger partial charge in [0.05, 0.1) is 13.2 Å². The van der Waals surface area contributed by atoms with Gasteiger partial charge in [-0.3, -0.25) is 13.9 Å². The van der Waals surface area contributed by atoms with Crippen molar-refractivity contribution in [3.8, 4) is 6.07 Å². The van der Waals surface area contributed by atoms with Crippen LogP contribution in [0.25, 0.3) is 0 Å². The Morgan fingerprint density at radius 3 is 2.72 bits per heavy atom. The summed E-state index contributed by atoms with van der Waals surface area (Å²) in [5, 5.41) is 9.48. The summed E-state index contributed by atoms with van der Waals surface area (Å²) in [6.07, 6.45) is 0.748. The van der Waals surface area contributed by atoms with Gasteiger partial charge in [-0.05, 0) is 17.5 Å². The Bertz CT molecular complexity index is 1030. The fraction of sp³-hybridized carbons (Fsp3) is 0.389. The molecule has 2 aliphatic heterocycles. The van der Waals surface area contributed by atoms with Crippen LogP contribution >= 0.6 is 0 Å². The van der Waals surface area contributed by atoms with Gasteiger partial charge in [-0.25, -0.2) is 4.79 Å². The van der Waals surface area contributed by atoms with Gasteiger partial charge in [0, 0.05) is 20.6 Å². The van der Waals surface area contributed by atoms with Crippen LogP contribution in [0.2, 0.25) is 0 Å². The Morgan fingerprint density at radius 2 is 1.96 bits per heavy atom. The first kappa shape index (κ1) is 15.7. The highest BCUT2D eigenvalue weighted by atomic mass is 16.5. The Labute approximate surface area is 144 Å². The largest absolute Gasteiger partial charge is 0.364 e. The van der Waals surface area contributed by atoms with Gasteiger partial charge >= 0.3 is 5.69 Å². The Kier molecular flexibility index (Phi) is 3.34. The van der Waals surface area contributed by atoms with Crippen LogP contribution in [0.3, 0.4) is 0 Å². The number of hydrogen-bond donors (Lipinski definition) is 0. The summed E-state index contributed by atoms with van der Waals surface area (Å²) < 4.78 is 8.47. The zero-order valence-corrected chi connectivity index (χ0v) is 14.2. The summed E-state index contributed by atoms with van der Waals surface area (Å²) in [4.78, 5) is 26.6. The molecule has 0 aliphatic carbocycles. The first-order valence-corrected chi connectivity index (χ1v) is 8.16. The van der Waals surface area contributed by atoms with Gasteiger partial charge in [0.1, 0.15) is 17.5 Å². The predicted molar refractivity (Wildman–Crippen MR) is 91.4 cm³/mol. The third kappa shape index (κ3) is 2.07. The molecule has 0 amide bonds. The van der Waals surface area contributed by atoms with Crippen LogP contribution < -0.4 is 16.1 Å². The van der Waals surface area contributed by atoms with Crippen molar-refractivity contribution in [2.45, 2.75) is 18.6 Å². The third-order valence-electron chi connectivity index (χ3n) is 5.29. The first-order valence-electron chi connectivity index (χ1n) is 8.16. The van der Waals surface area contributed by atoms with Crippen molar-refractivity contribution in [1.29, 1.82) is 5.26 Å². The molecule has 1 aromatic carbocycles. The minimum atomic E-state index is -0.561. The lowest BCUT2D eigenvalue weighted by Crippen LogP contribution is -2.43. The lowest BCUT2D eigenvalue weighted by Gasteiger charge is -2.27. The molecule has 7 nitrogen and oxygen atoms in total. The number of rotatable bonds is 1. The van der Waals surface area contributed by atoms with Gasteiger partial charge in [-0.2, -0.15) is 5.26 Å². The molecule has 4 rings (SSSR count). The molecule has 1 atom stereocenters. The number of aromatic nitrogens is 2. The molecule has 7 heteroatoms. The average molecular weight is 338 g/mol. The van der Waals surface area contributed by atoms with Crippen molar-refractivity contribution in [3.05, 3.63) is 61.8 Å². The fourth-order valence-corrected chi connectivity index (χ4v) is 3.99. The zero-order chi connectivity index (χ0) is 17.8. The second-order valence-electron chi connectivity index (χ2n) is 6.63. The molecule has 2 aromatic rings. The van der Waals surface area contributed by atoms with Gasteiger partial charge < -0.3 is 9.64 Å². The summed E-state index contributed by atoms with van der Waals surface area (Å²) in [5.41, 5.74) is 0.878. The van der Waals surface area contributed by atoms with E-state index in [4.69, 9.17) is 4.74 Å². The normalized spacial score (nSPS) is 21.6. The molecule has 1 spiro atoms. The van der Waals surface area contributed by atoms with E-state index in [2.05, 4.69) is 12.1 Å². The number of nitriles is 1. The molecular weight excluding hydrogens is 320 g/mol. The minimum Gasteiger partial charge on any atom is -0.364 e. The Hall–Kier alpha value is -2.85. The maximum Gasteiger partial charge on any atom is 0.332 e. The molecule has 0 saturated carbocycles. The number of benzene rings is 1. The fourth-order valence-electron chi connectivity index (χ4n) is 3.99. The van der Waals surface area contributed by atoms with Crippen molar-refractivity contribution in [2.24, 2.45) is 14.1 Å². The number of nitrogens with zero attached hydrogens (tertiary/aromatic N) is 4. The van der Waals surface area contributed by atoms with Crippen LogP contribution in [0.1, 0.15) is 23.1 Å². The molecule has 0 N–H and O–H groups in total. The van der Waals surface area contributed by atoms with Gasteiger partial charge in [-0.15, -0.1) is 0 Å². The van der Waals surface area contributed by atoms with E-state index in [0.717, 1.165) is 16.6 Å². The predicted octanol–water partition coefficient (Wildman–Crippen LogP) is 0.591. The van der Waals surface area contributed by atoms with E-state index >= 15 is 0 Å². The van der Waals surface area contributed by atoms with Crippen molar-refractivity contribution in [3.63, 3.8) is 0 Å². The highest BCUT2D eigenvalue weighted by Crippen LogP contribution is 2.44. The third-order valence-corrected chi connectivity index (χ3v) is 5.29. The van der Waals surface area contributed by atoms with E-state index in [1.165, 1.54) is 17.2 Å². The first-order chi connectivity index (χ1) is 12.0. The van der Waals surface area contributed by atoms with Gasteiger partial charge in [0.25, 0.3) is 5.56 Å². The summed E-state index contributed by atoms with van der Waals surface area (Å²) >= 11 is 0. The van der Waals surface area contributed by atoms with E-state index in [1.807, 2.05) is 23.1 Å². The highest BCUT2D eigenvalue weighted by molar-refractivity contribution is 5.55. The van der Waals surface area contributed by atoms with Gasteiger partial charge in [-0.1, -0.05) is 24.3 Å². The smallest absolute Gasteiger partial charge is 0.332 e. The van der Waals surface area contributed by atoms with Crippen LogP contribution in [-0.4, -0.2) is 22.2 Å². The molecule has 1 aromatic heterocycles. The molecule has 128 valence electrons. The molecule has 1 unspecified atom stereocenters. The lowest BCUT2D eigenvalue weighted by atomic mass is 9.92. The number of fused-ring (bicyclic) bond motifs is 2. The maximum atomic E-state index is 12.3. The van der Waals surface area contributed by atoms with E-state index in [1.54, 1.807) is 7.05 Å². The van der Waals surface area contributed by atoms with Crippen molar-refractivity contribution in [1.82, 2.24) is 9.13 Å². The summed E-state index contributed by atoms with van der Waals surface area (Å²) in [6.45, 7) is 1.69. The zero-order valence-electron chi connectivity index (χ0n) is 14.2. The van der Waals surface area contributed by atoms with Gasteiger partial charge in [0.2, 0.25) is 0 Å². The van der Waals surface area contributed by atoms with Crippen LogP contribution in [0, 0.1) is 11.3 Å². The van der Waals surface area contributed by atoms with Crippen LogP contribution in [0.15, 0.2) is 33.9 Å².